The van der Waals surface area contributed by atoms with Gasteiger partial charge in [0, 0.05) is 6.54 Å². The molecule has 0 radical (unpaired) electrons. The lowest BCUT2D eigenvalue weighted by Gasteiger charge is -2.10. The summed E-state index contributed by atoms with van der Waals surface area (Å²) in [6, 6.07) is 14.8. The van der Waals surface area contributed by atoms with Crippen LogP contribution in [-0.4, -0.2) is 34.9 Å². The van der Waals surface area contributed by atoms with Crippen LogP contribution in [0.5, 0.6) is 11.5 Å². The Labute approximate surface area is 178 Å². The Morgan fingerprint density at radius 2 is 1.93 bits per heavy atom. The molecule has 3 rings (SSSR count). The van der Waals surface area contributed by atoms with Crippen LogP contribution in [0.2, 0.25) is 5.02 Å². The predicted molar refractivity (Wildman–Crippen MR) is 119 cm³/mol. The maximum atomic E-state index is 12.4. The lowest BCUT2D eigenvalue weighted by Crippen LogP contribution is -2.27. The Hall–Kier alpha value is -2.28. The van der Waals surface area contributed by atoms with Crippen LogP contribution in [0, 0.1) is 0 Å². The first-order chi connectivity index (χ1) is 13.6. The number of rotatable bonds is 8. The van der Waals surface area contributed by atoms with Crippen molar-refractivity contribution in [1.29, 1.82) is 0 Å². The van der Waals surface area contributed by atoms with Crippen LogP contribution in [0.25, 0.3) is 6.08 Å². The van der Waals surface area contributed by atoms with Gasteiger partial charge in [0.15, 0.2) is 0 Å². The maximum absolute atomic E-state index is 12.4. The second kappa shape index (κ2) is 9.78. The van der Waals surface area contributed by atoms with E-state index in [1.807, 2.05) is 48.5 Å². The third kappa shape index (κ3) is 5.16. The van der Waals surface area contributed by atoms with Gasteiger partial charge in [-0.3, -0.25) is 9.69 Å². The topological polar surface area (TPSA) is 38.8 Å². The van der Waals surface area contributed by atoms with Crippen LogP contribution in [-0.2, 0) is 4.79 Å². The highest BCUT2D eigenvalue weighted by atomic mass is 35.5. The molecule has 4 nitrogen and oxygen atoms in total. The van der Waals surface area contributed by atoms with Crippen LogP contribution < -0.4 is 9.47 Å². The van der Waals surface area contributed by atoms with Crippen molar-refractivity contribution in [2.24, 2.45) is 0 Å². The molecule has 0 N–H and O–H groups in total. The molecule has 1 saturated heterocycles. The van der Waals surface area contributed by atoms with Crippen LogP contribution in [0.4, 0.5) is 0 Å². The normalized spacial score (nSPS) is 15.2. The Morgan fingerprint density at radius 3 is 2.71 bits per heavy atom. The fourth-order valence-electron chi connectivity index (χ4n) is 2.50. The van der Waals surface area contributed by atoms with E-state index < -0.39 is 0 Å². The lowest BCUT2D eigenvalue weighted by atomic mass is 10.2. The van der Waals surface area contributed by atoms with Gasteiger partial charge in [-0.1, -0.05) is 65.9 Å². The summed E-state index contributed by atoms with van der Waals surface area (Å²) in [7, 11) is 0. The van der Waals surface area contributed by atoms with Gasteiger partial charge in [0.2, 0.25) is 0 Å². The number of nitrogens with zero attached hydrogens (tertiary/aromatic N) is 1. The molecule has 1 amide bonds. The Morgan fingerprint density at radius 1 is 1.14 bits per heavy atom. The number of amides is 1. The molecule has 1 aliphatic heterocycles. The van der Waals surface area contributed by atoms with Crippen LogP contribution >= 0.6 is 35.6 Å². The monoisotopic (exact) mass is 431 g/mol. The minimum atomic E-state index is -0.102. The molecule has 1 fully saturated rings. The van der Waals surface area contributed by atoms with Crippen molar-refractivity contribution in [3.63, 3.8) is 0 Å². The van der Waals surface area contributed by atoms with Crippen molar-refractivity contribution in [3.05, 3.63) is 76.7 Å². The molecule has 7 heteroatoms. The second-order valence-corrected chi connectivity index (χ2v) is 7.86. The second-order valence-electron chi connectivity index (χ2n) is 5.78. The minimum Gasteiger partial charge on any atom is -0.490 e. The molecule has 0 bridgehead atoms. The Bertz CT molecular complexity index is 929. The average Bonchev–Trinajstić information content (AvgIpc) is 2.95. The first-order valence-electron chi connectivity index (χ1n) is 8.55. The number of para-hydroxylation sites is 1. The number of benzene rings is 2. The van der Waals surface area contributed by atoms with E-state index in [0.717, 1.165) is 5.56 Å². The summed E-state index contributed by atoms with van der Waals surface area (Å²) >= 11 is 12.6. The number of thiocarbonyl (C=S) groups is 1. The van der Waals surface area contributed by atoms with Gasteiger partial charge in [0.1, 0.15) is 29.0 Å². The van der Waals surface area contributed by atoms with E-state index in [-0.39, 0.29) is 5.91 Å². The number of ether oxygens (including phenoxy) is 2. The molecule has 0 aliphatic carbocycles. The summed E-state index contributed by atoms with van der Waals surface area (Å²) < 4.78 is 11.9. The van der Waals surface area contributed by atoms with Gasteiger partial charge in [0.05, 0.1) is 9.93 Å². The van der Waals surface area contributed by atoms with E-state index in [0.29, 0.717) is 45.5 Å². The summed E-state index contributed by atoms with van der Waals surface area (Å²) in [6.07, 6.45) is 3.47. The molecule has 1 aliphatic rings. The van der Waals surface area contributed by atoms with Gasteiger partial charge in [-0.2, -0.15) is 0 Å². The van der Waals surface area contributed by atoms with E-state index in [1.165, 1.54) is 16.7 Å². The fourth-order valence-corrected chi connectivity index (χ4v) is 3.97. The standard InChI is InChI=1S/C21H18ClNO3S2/c1-2-10-23-20(24)19(28-21(23)27)14-15-6-5-7-16(13-15)25-11-12-26-18-9-4-3-8-17(18)22/h2-9,13-14H,1,10-12H2/b19-14-. The van der Waals surface area contributed by atoms with E-state index >= 15 is 0 Å². The summed E-state index contributed by atoms with van der Waals surface area (Å²) in [6.45, 7) is 4.81. The Kier molecular flexibility index (Phi) is 7.14. The van der Waals surface area contributed by atoms with Crippen molar-refractivity contribution >= 4 is 51.9 Å². The van der Waals surface area contributed by atoms with Crippen LogP contribution in [0.1, 0.15) is 5.56 Å². The van der Waals surface area contributed by atoms with Gasteiger partial charge >= 0.3 is 0 Å². The van der Waals surface area contributed by atoms with Crippen molar-refractivity contribution in [1.82, 2.24) is 4.90 Å². The highest BCUT2D eigenvalue weighted by Crippen LogP contribution is 2.32. The third-order valence-corrected chi connectivity index (χ3v) is 5.48. The van der Waals surface area contributed by atoms with Gasteiger partial charge in [-0.05, 0) is 35.9 Å². The van der Waals surface area contributed by atoms with Crippen molar-refractivity contribution in [2.75, 3.05) is 19.8 Å². The molecular formula is C21H18ClNO3S2. The quantitative estimate of drug-likeness (QED) is 0.249. The number of carbonyl (C=O) groups is 1. The molecule has 2 aromatic rings. The summed E-state index contributed by atoms with van der Waals surface area (Å²) in [5, 5.41) is 0.568. The molecule has 28 heavy (non-hydrogen) atoms. The van der Waals surface area contributed by atoms with Gasteiger partial charge < -0.3 is 9.47 Å². The minimum absolute atomic E-state index is 0.102. The molecule has 144 valence electrons. The Balaban J connectivity index is 1.58. The van der Waals surface area contributed by atoms with Gasteiger partial charge in [0.25, 0.3) is 5.91 Å². The van der Waals surface area contributed by atoms with Crippen molar-refractivity contribution < 1.29 is 14.3 Å². The average molecular weight is 432 g/mol. The van der Waals surface area contributed by atoms with E-state index in [1.54, 1.807) is 12.1 Å². The molecule has 1 heterocycles. The van der Waals surface area contributed by atoms with E-state index in [9.17, 15) is 4.79 Å². The maximum Gasteiger partial charge on any atom is 0.266 e. The number of halogens is 1. The largest absolute Gasteiger partial charge is 0.490 e. The van der Waals surface area contributed by atoms with Crippen LogP contribution in [0.3, 0.4) is 0 Å². The molecule has 0 aromatic heterocycles. The first kappa shape index (κ1) is 20.5. The van der Waals surface area contributed by atoms with Gasteiger partial charge in [-0.25, -0.2) is 0 Å². The molecule has 0 spiro atoms. The zero-order chi connectivity index (χ0) is 19.9. The summed E-state index contributed by atoms with van der Waals surface area (Å²) in [4.78, 5) is 14.5. The SMILES string of the molecule is C=CCN1C(=O)/C(=C/c2cccc(OCCOc3ccccc3Cl)c2)SC1=S. The summed E-state index contributed by atoms with van der Waals surface area (Å²) in [5.41, 5.74) is 0.864. The van der Waals surface area contributed by atoms with E-state index in [4.69, 9.17) is 33.3 Å². The highest BCUT2D eigenvalue weighted by molar-refractivity contribution is 8.26. The predicted octanol–water partition coefficient (Wildman–Crippen LogP) is 5.19. The highest BCUT2D eigenvalue weighted by Gasteiger charge is 2.30. The van der Waals surface area contributed by atoms with E-state index in [2.05, 4.69) is 6.58 Å². The molecule has 0 unspecified atom stereocenters. The van der Waals surface area contributed by atoms with Crippen molar-refractivity contribution in [3.8, 4) is 11.5 Å². The third-order valence-electron chi connectivity index (χ3n) is 3.79. The molecular weight excluding hydrogens is 414 g/mol. The smallest absolute Gasteiger partial charge is 0.266 e. The fraction of sp³-hybridized carbons (Fsp3) is 0.143. The zero-order valence-corrected chi connectivity index (χ0v) is 17.4. The van der Waals surface area contributed by atoms with Crippen LogP contribution in [0.15, 0.2) is 66.1 Å². The number of hydrogen-bond donors (Lipinski definition) is 0. The molecule has 0 saturated carbocycles. The van der Waals surface area contributed by atoms with Crippen molar-refractivity contribution in [2.45, 2.75) is 0 Å². The number of hydrogen-bond acceptors (Lipinski definition) is 5. The first-order valence-corrected chi connectivity index (χ1v) is 10.1. The molecule has 0 atom stereocenters. The lowest BCUT2D eigenvalue weighted by molar-refractivity contribution is -0.121. The number of carbonyl (C=O) groups excluding carboxylic acids is 1. The summed E-state index contributed by atoms with van der Waals surface area (Å²) in [5.74, 6) is 1.22. The number of thioether (sulfide) groups is 1. The molecule has 2 aromatic carbocycles. The van der Waals surface area contributed by atoms with Gasteiger partial charge in [-0.15, -0.1) is 6.58 Å². The zero-order valence-electron chi connectivity index (χ0n) is 15.0.